The second-order valence-corrected chi connectivity index (χ2v) is 7.46. The molecular formula is C19H20BrN5O4. The zero-order chi connectivity index (χ0) is 20.5. The number of anilines is 2. The first-order chi connectivity index (χ1) is 14.0. The van der Waals surface area contributed by atoms with Gasteiger partial charge in [0.25, 0.3) is 5.91 Å². The molecule has 4 rings (SSSR count). The summed E-state index contributed by atoms with van der Waals surface area (Å²) < 4.78 is 16.7. The summed E-state index contributed by atoms with van der Waals surface area (Å²) in [4.78, 5) is 25.4. The van der Waals surface area contributed by atoms with Crippen molar-refractivity contribution in [1.82, 2.24) is 14.9 Å². The summed E-state index contributed by atoms with van der Waals surface area (Å²) in [6.45, 7) is 2.24. The Labute approximate surface area is 175 Å². The highest BCUT2D eigenvalue weighted by molar-refractivity contribution is 9.10. The van der Waals surface area contributed by atoms with E-state index in [9.17, 15) is 4.79 Å². The summed E-state index contributed by atoms with van der Waals surface area (Å²) in [6.07, 6.45) is 1.50. The number of piperazine rings is 1. The van der Waals surface area contributed by atoms with Crippen molar-refractivity contribution in [3.05, 3.63) is 34.7 Å². The minimum Gasteiger partial charge on any atom is -0.493 e. The molecule has 0 radical (unpaired) electrons. The summed E-state index contributed by atoms with van der Waals surface area (Å²) >= 11 is 3.29. The summed E-state index contributed by atoms with van der Waals surface area (Å²) in [5.74, 6) is 2.22. The average molecular weight is 462 g/mol. The van der Waals surface area contributed by atoms with Crippen molar-refractivity contribution in [3.63, 3.8) is 0 Å². The van der Waals surface area contributed by atoms with Crippen molar-refractivity contribution in [3.8, 4) is 11.5 Å². The third-order valence-electron chi connectivity index (χ3n) is 4.85. The van der Waals surface area contributed by atoms with Crippen LogP contribution < -0.4 is 20.1 Å². The van der Waals surface area contributed by atoms with Crippen LogP contribution in [0.5, 0.6) is 11.5 Å². The molecule has 1 saturated heterocycles. The van der Waals surface area contributed by atoms with Crippen LogP contribution in [0.15, 0.2) is 33.4 Å². The lowest BCUT2D eigenvalue weighted by Gasteiger charge is -2.34. The monoisotopic (exact) mass is 461 g/mol. The fourth-order valence-electron chi connectivity index (χ4n) is 3.30. The van der Waals surface area contributed by atoms with Crippen molar-refractivity contribution in [2.24, 2.45) is 0 Å². The van der Waals surface area contributed by atoms with Crippen molar-refractivity contribution in [1.29, 1.82) is 0 Å². The molecule has 10 heteroatoms. The number of carbonyl (C=O) groups is 1. The molecule has 1 aliphatic rings. The number of methoxy groups -OCH3 is 2. The summed E-state index contributed by atoms with van der Waals surface area (Å²) in [6, 6.07) is 5.22. The third-order valence-corrected chi connectivity index (χ3v) is 5.26. The number of carbonyl (C=O) groups excluding carboxylic acids is 1. The maximum Gasteiger partial charge on any atom is 0.289 e. The van der Waals surface area contributed by atoms with Gasteiger partial charge in [0.15, 0.2) is 17.3 Å². The minimum atomic E-state index is -0.133. The molecule has 1 aromatic carbocycles. The Balaban J connectivity index is 1.54. The van der Waals surface area contributed by atoms with Crippen LogP contribution in [-0.2, 0) is 0 Å². The van der Waals surface area contributed by atoms with E-state index in [2.05, 4.69) is 25.9 Å². The molecule has 1 aliphatic heterocycles. The Morgan fingerprint density at radius 1 is 1.10 bits per heavy atom. The number of furan rings is 1. The Hall–Kier alpha value is -3.01. The lowest BCUT2D eigenvalue weighted by Crippen LogP contribution is -2.49. The van der Waals surface area contributed by atoms with Crippen LogP contribution in [0.25, 0.3) is 10.9 Å². The molecule has 0 saturated carbocycles. The molecule has 29 heavy (non-hydrogen) atoms. The molecule has 0 spiro atoms. The molecule has 1 amide bonds. The van der Waals surface area contributed by atoms with Gasteiger partial charge in [-0.05, 0) is 22.0 Å². The summed E-state index contributed by atoms with van der Waals surface area (Å²) in [5.41, 5.74) is 6.85. The maximum absolute atomic E-state index is 12.5. The van der Waals surface area contributed by atoms with E-state index < -0.39 is 0 Å². The number of halogens is 1. The number of nitrogens with two attached hydrogens (primary N) is 1. The summed E-state index contributed by atoms with van der Waals surface area (Å²) in [7, 11) is 3.14. The number of amides is 1. The Bertz CT molecular complexity index is 1060. The molecular weight excluding hydrogens is 442 g/mol. The smallest absolute Gasteiger partial charge is 0.289 e. The maximum atomic E-state index is 12.5. The van der Waals surface area contributed by atoms with Gasteiger partial charge in [0.05, 0.1) is 24.2 Å². The fourth-order valence-corrected chi connectivity index (χ4v) is 3.60. The summed E-state index contributed by atoms with van der Waals surface area (Å²) in [5, 5.41) is 0.698. The predicted octanol–water partition coefficient (Wildman–Crippen LogP) is 2.55. The number of benzene rings is 1. The Kier molecular flexibility index (Phi) is 5.18. The van der Waals surface area contributed by atoms with Gasteiger partial charge in [0, 0.05) is 43.7 Å². The van der Waals surface area contributed by atoms with Gasteiger partial charge < -0.3 is 29.4 Å². The molecule has 9 nitrogen and oxygen atoms in total. The van der Waals surface area contributed by atoms with Gasteiger partial charge in [-0.1, -0.05) is 0 Å². The van der Waals surface area contributed by atoms with Crippen LogP contribution in [0, 0.1) is 0 Å². The highest BCUT2D eigenvalue weighted by Crippen LogP contribution is 2.34. The highest BCUT2D eigenvalue weighted by Gasteiger charge is 2.26. The van der Waals surface area contributed by atoms with Crippen LogP contribution in [0.3, 0.4) is 0 Å². The number of hydrogen-bond donors (Lipinski definition) is 1. The third kappa shape index (κ3) is 3.67. The van der Waals surface area contributed by atoms with E-state index in [1.807, 2.05) is 4.90 Å². The van der Waals surface area contributed by atoms with E-state index in [-0.39, 0.29) is 5.91 Å². The van der Waals surface area contributed by atoms with Gasteiger partial charge in [0.1, 0.15) is 12.1 Å². The molecule has 2 N–H and O–H groups in total. The number of ether oxygens (including phenoxy) is 2. The zero-order valence-corrected chi connectivity index (χ0v) is 17.6. The normalized spacial score (nSPS) is 14.3. The van der Waals surface area contributed by atoms with E-state index in [1.54, 1.807) is 37.3 Å². The van der Waals surface area contributed by atoms with Gasteiger partial charge in [-0.2, -0.15) is 4.98 Å². The molecule has 2 aromatic heterocycles. The van der Waals surface area contributed by atoms with E-state index in [1.165, 1.54) is 6.26 Å². The second kappa shape index (κ2) is 7.78. The molecule has 0 aliphatic carbocycles. The van der Waals surface area contributed by atoms with E-state index >= 15 is 0 Å². The second-order valence-electron chi connectivity index (χ2n) is 6.54. The van der Waals surface area contributed by atoms with Crippen LogP contribution >= 0.6 is 15.9 Å². The van der Waals surface area contributed by atoms with E-state index in [4.69, 9.17) is 19.6 Å². The number of aromatic nitrogens is 2. The number of fused-ring (bicyclic) bond motifs is 1. The fraction of sp³-hybridized carbons (Fsp3) is 0.316. The van der Waals surface area contributed by atoms with Gasteiger partial charge in [0.2, 0.25) is 5.95 Å². The van der Waals surface area contributed by atoms with Crippen LogP contribution in [0.1, 0.15) is 10.6 Å². The van der Waals surface area contributed by atoms with Crippen LogP contribution in [0.4, 0.5) is 11.8 Å². The van der Waals surface area contributed by atoms with E-state index in [0.717, 1.165) is 4.47 Å². The molecule has 152 valence electrons. The van der Waals surface area contributed by atoms with Gasteiger partial charge in [-0.3, -0.25) is 4.79 Å². The molecule has 0 atom stereocenters. The highest BCUT2D eigenvalue weighted by atomic mass is 79.9. The van der Waals surface area contributed by atoms with Crippen molar-refractivity contribution < 1.29 is 18.7 Å². The van der Waals surface area contributed by atoms with Crippen molar-refractivity contribution >= 4 is 44.5 Å². The average Bonchev–Trinajstić information content (AvgIpc) is 3.18. The van der Waals surface area contributed by atoms with Crippen molar-refractivity contribution in [2.45, 2.75) is 0 Å². The molecule has 0 bridgehead atoms. The molecule has 0 unspecified atom stereocenters. The quantitative estimate of drug-likeness (QED) is 0.631. The lowest BCUT2D eigenvalue weighted by molar-refractivity contribution is 0.0714. The van der Waals surface area contributed by atoms with E-state index in [0.29, 0.717) is 66.1 Å². The first-order valence-corrected chi connectivity index (χ1v) is 9.77. The molecule has 3 aromatic rings. The molecule has 3 heterocycles. The van der Waals surface area contributed by atoms with Gasteiger partial charge in [-0.25, -0.2) is 4.98 Å². The standard InChI is InChI=1S/C19H20BrN5O4/c1-27-14-8-12-13(9-15(14)28-2)22-19(23-17(12)21)25-5-3-24(4-6-25)18(26)16-7-11(20)10-29-16/h7-10H,3-6H2,1-2H3,(H2,21,22,23). The van der Waals surface area contributed by atoms with Crippen LogP contribution in [-0.4, -0.2) is 61.2 Å². The topological polar surface area (TPSA) is 107 Å². The van der Waals surface area contributed by atoms with Gasteiger partial charge in [-0.15, -0.1) is 0 Å². The Morgan fingerprint density at radius 2 is 1.79 bits per heavy atom. The minimum absolute atomic E-state index is 0.133. The zero-order valence-electron chi connectivity index (χ0n) is 16.0. The lowest BCUT2D eigenvalue weighted by atomic mass is 10.2. The predicted molar refractivity (Wildman–Crippen MR) is 112 cm³/mol. The largest absolute Gasteiger partial charge is 0.493 e. The Morgan fingerprint density at radius 3 is 2.41 bits per heavy atom. The van der Waals surface area contributed by atoms with Crippen molar-refractivity contribution in [2.75, 3.05) is 51.0 Å². The number of nitrogen functional groups attached to an aromatic ring is 1. The first-order valence-electron chi connectivity index (χ1n) is 8.97. The van der Waals surface area contributed by atoms with Crippen LogP contribution in [0.2, 0.25) is 0 Å². The van der Waals surface area contributed by atoms with Gasteiger partial charge >= 0.3 is 0 Å². The number of nitrogens with zero attached hydrogens (tertiary/aromatic N) is 4. The molecule has 1 fully saturated rings. The SMILES string of the molecule is COc1cc2nc(N3CCN(C(=O)c4cc(Br)co4)CC3)nc(N)c2cc1OC. The number of hydrogen-bond acceptors (Lipinski definition) is 8. The first kappa shape index (κ1) is 19.3. The number of rotatable bonds is 4.